The third-order valence-electron chi connectivity index (χ3n) is 3.11. The van der Waals surface area contributed by atoms with Crippen LogP contribution in [0.2, 0.25) is 0 Å². The van der Waals surface area contributed by atoms with Gasteiger partial charge in [-0.2, -0.15) is 0 Å². The second kappa shape index (κ2) is 6.03. The van der Waals surface area contributed by atoms with Crippen LogP contribution in [0.25, 0.3) is 10.9 Å². The maximum atomic E-state index is 9.79. The number of aliphatic hydroxyl groups excluding tert-OH is 1. The summed E-state index contributed by atoms with van der Waals surface area (Å²) in [5, 5.41) is 14.4. The van der Waals surface area contributed by atoms with Crippen molar-refractivity contribution in [2.75, 3.05) is 6.54 Å². The summed E-state index contributed by atoms with van der Waals surface area (Å²) in [6, 6.07) is 8.27. The zero-order valence-electron chi connectivity index (χ0n) is 11.1. The van der Waals surface area contributed by atoms with E-state index in [-0.39, 0.29) is 6.10 Å². The van der Waals surface area contributed by atoms with Gasteiger partial charge >= 0.3 is 0 Å². The lowest BCUT2D eigenvalue weighted by atomic mass is 10.1. The van der Waals surface area contributed by atoms with Crippen LogP contribution in [0.3, 0.4) is 0 Å². The van der Waals surface area contributed by atoms with Gasteiger partial charge in [-0.3, -0.25) is 0 Å². The van der Waals surface area contributed by atoms with Crippen LogP contribution in [0, 0.1) is 5.92 Å². The van der Waals surface area contributed by atoms with Crippen molar-refractivity contribution in [2.24, 2.45) is 5.92 Å². The molecule has 0 saturated carbocycles. The normalized spacial score (nSPS) is 13.3. The van der Waals surface area contributed by atoms with Gasteiger partial charge in [0.25, 0.3) is 0 Å². The molecule has 2 aromatic rings. The second-order valence-electron chi connectivity index (χ2n) is 5.27. The fourth-order valence-corrected chi connectivity index (χ4v) is 2.28. The van der Waals surface area contributed by atoms with Crippen molar-refractivity contribution < 1.29 is 5.11 Å². The van der Waals surface area contributed by atoms with Gasteiger partial charge in [0.2, 0.25) is 0 Å². The number of aromatic amines is 1. The summed E-state index contributed by atoms with van der Waals surface area (Å²) in [5.41, 5.74) is 2.42. The van der Waals surface area contributed by atoms with Crippen molar-refractivity contribution in [1.29, 1.82) is 0 Å². The highest BCUT2D eigenvalue weighted by molar-refractivity contribution is 5.82. The number of rotatable bonds is 6. The highest BCUT2D eigenvalue weighted by Crippen LogP contribution is 2.17. The molecule has 0 aliphatic carbocycles. The summed E-state index contributed by atoms with van der Waals surface area (Å²) < 4.78 is 0. The maximum absolute atomic E-state index is 9.79. The van der Waals surface area contributed by atoms with Gasteiger partial charge in [0.15, 0.2) is 0 Å². The summed E-state index contributed by atoms with van der Waals surface area (Å²) in [5.74, 6) is 0.537. The second-order valence-corrected chi connectivity index (χ2v) is 5.27. The topological polar surface area (TPSA) is 48.0 Å². The van der Waals surface area contributed by atoms with Gasteiger partial charge in [0, 0.05) is 30.2 Å². The molecule has 1 aromatic carbocycles. The van der Waals surface area contributed by atoms with Crippen LogP contribution in [0.1, 0.15) is 25.8 Å². The number of hydrogen-bond donors (Lipinski definition) is 3. The summed E-state index contributed by atoms with van der Waals surface area (Å²) in [6.07, 6.45) is 2.63. The lowest BCUT2D eigenvalue weighted by Crippen LogP contribution is -2.27. The largest absolute Gasteiger partial charge is 0.392 e. The lowest BCUT2D eigenvalue weighted by Gasteiger charge is -2.13. The molecule has 1 unspecified atom stereocenters. The molecule has 0 spiro atoms. The van der Waals surface area contributed by atoms with Crippen molar-refractivity contribution in [3.8, 4) is 0 Å². The molecular formula is C15H22N2O. The van der Waals surface area contributed by atoms with E-state index in [4.69, 9.17) is 0 Å². The van der Waals surface area contributed by atoms with Crippen LogP contribution < -0.4 is 5.32 Å². The highest BCUT2D eigenvalue weighted by atomic mass is 16.3. The van der Waals surface area contributed by atoms with E-state index in [1.165, 1.54) is 10.9 Å². The van der Waals surface area contributed by atoms with E-state index in [0.29, 0.717) is 12.5 Å². The molecule has 3 heteroatoms. The molecular weight excluding hydrogens is 224 g/mol. The molecule has 1 aromatic heterocycles. The van der Waals surface area contributed by atoms with Gasteiger partial charge in [0.1, 0.15) is 0 Å². The van der Waals surface area contributed by atoms with Crippen molar-refractivity contribution in [3.05, 3.63) is 36.0 Å². The molecule has 0 amide bonds. The Bertz CT molecular complexity index is 490. The molecule has 1 atom stereocenters. The molecule has 3 nitrogen and oxygen atoms in total. The Morgan fingerprint density at radius 1 is 1.28 bits per heavy atom. The summed E-state index contributed by atoms with van der Waals surface area (Å²) in [4.78, 5) is 3.26. The fraction of sp³-hybridized carbons (Fsp3) is 0.467. The molecule has 18 heavy (non-hydrogen) atoms. The summed E-state index contributed by atoms with van der Waals surface area (Å²) in [6.45, 7) is 5.70. The molecule has 2 rings (SSSR count). The monoisotopic (exact) mass is 246 g/mol. The Morgan fingerprint density at radius 3 is 2.83 bits per heavy atom. The van der Waals surface area contributed by atoms with Crippen LogP contribution in [0.5, 0.6) is 0 Å². The molecule has 0 fully saturated rings. The molecule has 0 saturated heterocycles. The summed E-state index contributed by atoms with van der Waals surface area (Å²) >= 11 is 0. The predicted octanol–water partition coefficient (Wildman–Crippen LogP) is 2.66. The van der Waals surface area contributed by atoms with E-state index in [1.54, 1.807) is 0 Å². The van der Waals surface area contributed by atoms with Crippen LogP contribution in [0.15, 0.2) is 30.5 Å². The van der Waals surface area contributed by atoms with Gasteiger partial charge in [0.05, 0.1) is 6.10 Å². The van der Waals surface area contributed by atoms with E-state index in [9.17, 15) is 5.11 Å². The van der Waals surface area contributed by atoms with Crippen LogP contribution >= 0.6 is 0 Å². The van der Waals surface area contributed by atoms with Gasteiger partial charge in [-0.15, -0.1) is 0 Å². The maximum Gasteiger partial charge on any atom is 0.0667 e. The molecule has 3 N–H and O–H groups in total. The average Bonchev–Trinajstić information content (AvgIpc) is 2.72. The number of fused-ring (bicyclic) bond motifs is 1. The van der Waals surface area contributed by atoms with Crippen LogP contribution in [-0.4, -0.2) is 22.7 Å². The SMILES string of the molecule is CC(C)CC(O)CNCc1c[nH]c2ccccc12. The van der Waals surface area contributed by atoms with Crippen molar-refractivity contribution in [3.63, 3.8) is 0 Å². The standard InChI is InChI=1S/C15H22N2O/c1-11(2)7-13(18)10-16-8-12-9-17-15-6-4-3-5-14(12)15/h3-6,9,11,13,16-18H,7-8,10H2,1-2H3. The van der Waals surface area contributed by atoms with Crippen LogP contribution in [0.4, 0.5) is 0 Å². The quantitative estimate of drug-likeness (QED) is 0.734. The number of aromatic nitrogens is 1. The number of hydrogen-bond acceptors (Lipinski definition) is 2. The van der Waals surface area contributed by atoms with E-state index in [1.807, 2.05) is 18.3 Å². The molecule has 0 aliphatic rings. The Kier molecular flexibility index (Phi) is 4.39. The van der Waals surface area contributed by atoms with E-state index in [2.05, 4.69) is 36.3 Å². The van der Waals surface area contributed by atoms with Crippen molar-refractivity contribution >= 4 is 10.9 Å². The minimum absolute atomic E-state index is 0.254. The smallest absolute Gasteiger partial charge is 0.0667 e. The molecule has 1 heterocycles. The number of para-hydroxylation sites is 1. The van der Waals surface area contributed by atoms with E-state index in [0.717, 1.165) is 18.5 Å². The number of H-pyrrole nitrogens is 1. The summed E-state index contributed by atoms with van der Waals surface area (Å²) in [7, 11) is 0. The molecule has 0 aliphatic heterocycles. The molecule has 0 bridgehead atoms. The molecule has 0 radical (unpaired) electrons. The first-order chi connectivity index (χ1) is 8.66. The Balaban J connectivity index is 1.87. The Morgan fingerprint density at radius 2 is 2.06 bits per heavy atom. The first-order valence-electron chi connectivity index (χ1n) is 6.60. The van der Waals surface area contributed by atoms with E-state index < -0.39 is 0 Å². The molecule has 98 valence electrons. The zero-order chi connectivity index (χ0) is 13.0. The van der Waals surface area contributed by atoms with Gasteiger partial charge in [-0.05, 0) is 24.0 Å². The zero-order valence-corrected chi connectivity index (χ0v) is 11.1. The van der Waals surface area contributed by atoms with E-state index >= 15 is 0 Å². The fourth-order valence-electron chi connectivity index (χ4n) is 2.28. The van der Waals surface area contributed by atoms with Gasteiger partial charge in [-0.25, -0.2) is 0 Å². The lowest BCUT2D eigenvalue weighted by molar-refractivity contribution is 0.146. The minimum atomic E-state index is -0.254. The Labute approximate surface area is 108 Å². The van der Waals surface area contributed by atoms with Gasteiger partial charge in [-0.1, -0.05) is 32.0 Å². The van der Waals surface area contributed by atoms with Gasteiger partial charge < -0.3 is 15.4 Å². The first kappa shape index (κ1) is 13.1. The Hall–Kier alpha value is -1.32. The highest BCUT2D eigenvalue weighted by Gasteiger charge is 2.07. The van der Waals surface area contributed by atoms with Crippen LogP contribution in [-0.2, 0) is 6.54 Å². The average molecular weight is 246 g/mol. The van der Waals surface area contributed by atoms with Crippen molar-refractivity contribution in [1.82, 2.24) is 10.3 Å². The number of benzene rings is 1. The number of aliphatic hydroxyl groups is 1. The minimum Gasteiger partial charge on any atom is -0.392 e. The third kappa shape index (κ3) is 3.34. The first-order valence-corrected chi connectivity index (χ1v) is 6.60. The third-order valence-corrected chi connectivity index (χ3v) is 3.11. The predicted molar refractivity (Wildman–Crippen MR) is 75.5 cm³/mol. The number of nitrogens with one attached hydrogen (secondary N) is 2. The van der Waals surface area contributed by atoms with Crippen molar-refractivity contribution in [2.45, 2.75) is 32.9 Å².